The number of aromatic nitrogens is 1. The molecule has 176 valence electrons. The number of carbonyl (C=O) groups excluding carboxylic acids is 2. The highest BCUT2D eigenvalue weighted by Gasteiger charge is 2.48. The molecule has 1 aromatic rings. The molecule has 0 N–H and O–H groups in total. The number of hydrogen-bond acceptors (Lipinski definition) is 6. The monoisotopic (exact) mass is 445 g/mol. The molecule has 4 rings (SSSR count). The van der Waals surface area contributed by atoms with Crippen LogP contribution in [-0.2, 0) is 9.53 Å². The van der Waals surface area contributed by atoms with Gasteiger partial charge in [-0.25, -0.2) is 0 Å². The van der Waals surface area contributed by atoms with Crippen molar-refractivity contribution in [3.05, 3.63) is 17.7 Å². The Balaban J connectivity index is 1.48. The number of carbonyl (C=O) groups is 2. The number of pyridine rings is 1. The standard InChI is InChI=1S/C24H35N3O5/c1-30-20-8-7-19(22(25-20)31-2)23(29)27-16-18(24(17-27)10-4-3-5-11-24)6-9-21(28)26-12-14-32-15-13-26/h7-8,18H,3-6,9-17H2,1-2H3. The van der Waals surface area contributed by atoms with Gasteiger partial charge in [-0.3, -0.25) is 9.59 Å². The first-order chi connectivity index (χ1) is 15.6. The molecule has 3 heterocycles. The number of nitrogens with zero attached hydrogens (tertiary/aromatic N) is 3. The molecule has 8 nitrogen and oxygen atoms in total. The molecule has 3 fully saturated rings. The van der Waals surface area contributed by atoms with Gasteiger partial charge in [0.2, 0.25) is 17.7 Å². The van der Waals surface area contributed by atoms with Gasteiger partial charge in [0.05, 0.1) is 27.4 Å². The lowest BCUT2D eigenvalue weighted by Crippen LogP contribution is -2.41. The van der Waals surface area contributed by atoms with Gasteiger partial charge in [-0.15, -0.1) is 0 Å². The number of likely N-dealkylation sites (tertiary alicyclic amines) is 1. The van der Waals surface area contributed by atoms with Crippen LogP contribution in [0.1, 0.15) is 55.3 Å². The summed E-state index contributed by atoms with van der Waals surface area (Å²) < 4.78 is 15.9. The molecule has 1 unspecified atom stereocenters. The molecule has 1 spiro atoms. The molecule has 1 saturated carbocycles. The molecule has 2 aliphatic heterocycles. The molecular weight excluding hydrogens is 410 g/mol. The van der Waals surface area contributed by atoms with Crippen LogP contribution in [0.5, 0.6) is 11.8 Å². The van der Waals surface area contributed by atoms with Crippen molar-refractivity contribution in [3.63, 3.8) is 0 Å². The SMILES string of the molecule is COc1ccc(C(=O)N2CC(CCC(=O)N3CCOCC3)C3(CCCCC3)C2)c(OC)n1. The number of morpholine rings is 1. The maximum absolute atomic E-state index is 13.5. The molecule has 3 aliphatic rings. The van der Waals surface area contributed by atoms with E-state index in [0.717, 1.165) is 25.8 Å². The summed E-state index contributed by atoms with van der Waals surface area (Å²) >= 11 is 0. The molecule has 0 aromatic carbocycles. The van der Waals surface area contributed by atoms with E-state index in [1.54, 1.807) is 19.2 Å². The highest BCUT2D eigenvalue weighted by atomic mass is 16.5. The second-order valence-corrected chi connectivity index (χ2v) is 9.25. The topological polar surface area (TPSA) is 81.2 Å². The van der Waals surface area contributed by atoms with Gasteiger partial charge in [0.15, 0.2) is 0 Å². The summed E-state index contributed by atoms with van der Waals surface area (Å²) in [6.45, 7) is 4.05. The van der Waals surface area contributed by atoms with Crippen molar-refractivity contribution in [3.8, 4) is 11.8 Å². The largest absolute Gasteiger partial charge is 0.481 e. The maximum Gasteiger partial charge on any atom is 0.259 e. The van der Waals surface area contributed by atoms with E-state index >= 15 is 0 Å². The normalized spacial score (nSPS) is 22.8. The number of rotatable bonds is 6. The van der Waals surface area contributed by atoms with Crippen LogP contribution in [0.25, 0.3) is 0 Å². The average molecular weight is 446 g/mol. The minimum atomic E-state index is -0.0519. The minimum Gasteiger partial charge on any atom is -0.481 e. The third-order valence-corrected chi connectivity index (χ3v) is 7.49. The summed E-state index contributed by atoms with van der Waals surface area (Å²) in [4.78, 5) is 34.4. The first-order valence-corrected chi connectivity index (χ1v) is 11.8. The first kappa shape index (κ1) is 22.8. The van der Waals surface area contributed by atoms with E-state index in [9.17, 15) is 9.59 Å². The Hall–Kier alpha value is -2.35. The predicted molar refractivity (Wildman–Crippen MR) is 119 cm³/mol. The van der Waals surface area contributed by atoms with Gasteiger partial charge >= 0.3 is 0 Å². The Bertz CT molecular complexity index is 818. The van der Waals surface area contributed by atoms with Crippen LogP contribution in [0, 0.1) is 11.3 Å². The van der Waals surface area contributed by atoms with Crippen molar-refractivity contribution < 1.29 is 23.8 Å². The zero-order valence-corrected chi connectivity index (χ0v) is 19.3. The van der Waals surface area contributed by atoms with Gasteiger partial charge in [-0.2, -0.15) is 4.98 Å². The number of ether oxygens (including phenoxy) is 3. The van der Waals surface area contributed by atoms with Crippen molar-refractivity contribution in [2.75, 3.05) is 53.6 Å². The van der Waals surface area contributed by atoms with Gasteiger partial charge in [-0.1, -0.05) is 19.3 Å². The molecule has 1 atom stereocenters. The smallest absolute Gasteiger partial charge is 0.259 e. The van der Waals surface area contributed by atoms with Crippen LogP contribution in [0.3, 0.4) is 0 Å². The fourth-order valence-corrected chi connectivity index (χ4v) is 5.70. The summed E-state index contributed by atoms with van der Waals surface area (Å²) in [6, 6.07) is 3.43. The lowest BCUT2D eigenvalue weighted by Gasteiger charge is -2.38. The van der Waals surface area contributed by atoms with Gasteiger partial charge in [0.1, 0.15) is 5.56 Å². The van der Waals surface area contributed by atoms with Crippen LogP contribution in [0.15, 0.2) is 12.1 Å². The van der Waals surface area contributed by atoms with E-state index in [0.29, 0.717) is 56.6 Å². The zero-order chi connectivity index (χ0) is 22.6. The lowest BCUT2D eigenvalue weighted by atomic mass is 9.66. The van der Waals surface area contributed by atoms with Crippen LogP contribution >= 0.6 is 0 Å². The van der Waals surface area contributed by atoms with Gasteiger partial charge < -0.3 is 24.0 Å². The molecule has 0 bridgehead atoms. The third kappa shape index (κ3) is 4.70. The van der Waals surface area contributed by atoms with Gasteiger partial charge in [0, 0.05) is 38.7 Å². The Kier molecular flexibility index (Phi) is 7.18. The van der Waals surface area contributed by atoms with E-state index < -0.39 is 0 Å². The maximum atomic E-state index is 13.5. The zero-order valence-electron chi connectivity index (χ0n) is 19.3. The summed E-state index contributed by atoms with van der Waals surface area (Å²) in [5.74, 6) is 1.21. The number of methoxy groups -OCH3 is 2. The van der Waals surface area contributed by atoms with E-state index in [4.69, 9.17) is 14.2 Å². The molecule has 8 heteroatoms. The van der Waals surface area contributed by atoms with Gasteiger partial charge in [-0.05, 0) is 36.7 Å². The fourth-order valence-electron chi connectivity index (χ4n) is 5.70. The molecule has 1 aromatic heterocycles. The van der Waals surface area contributed by atoms with Crippen molar-refractivity contribution in [2.24, 2.45) is 11.3 Å². The van der Waals surface area contributed by atoms with E-state index in [1.165, 1.54) is 26.4 Å². The Morgan fingerprint density at radius 1 is 1.09 bits per heavy atom. The van der Waals surface area contributed by atoms with Crippen molar-refractivity contribution in [2.45, 2.75) is 44.9 Å². The molecule has 32 heavy (non-hydrogen) atoms. The Morgan fingerprint density at radius 3 is 2.53 bits per heavy atom. The minimum absolute atomic E-state index is 0.0519. The molecule has 1 aliphatic carbocycles. The third-order valence-electron chi connectivity index (χ3n) is 7.49. The van der Waals surface area contributed by atoms with Crippen LogP contribution < -0.4 is 9.47 Å². The van der Waals surface area contributed by atoms with E-state index in [2.05, 4.69) is 4.98 Å². The summed E-state index contributed by atoms with van der Waals surface area (Å²) in [7, 11) is 3.06. The molecule has 2 saturated heterocycles. The second-order valence-electron chi connectivity index (χ2n) is 9.25. The first-order valence-electron chi connectivity index (χ1n) is 11.8. The second kappa shape index (κ2) is 10.1. The summed E-state index contributed by atoms with van der Waals surface area (Å²) in [5, 5.41) is 0. The van der Waals surface area contributed by atoms with Crippen molar-refractivity contribution in [1.29, 1.82) is 0 Å². The predicted octanol–water partition coefficient (Wildman–Crippen LogP) is 2.76. The summed E-state index contributed by atoms with van der Waals surface area (Å²) in [5.41, 5.74) is 0.580. The number of amides is 2. The molecule has 0 radical (unpaired) electrons. The number of hydrogen-bond donors (Lipinski definition) is 0. The van der Waals surface area contributed by atoms with Crippen molar-refractivity contribution >= 4 is 11.8 Å². The Labute approximate surface area is 190 Å². The van der Waals surface area contributed by atoms with Crippen LogP contribution in [-0.4, -0.2) is 80.2 Å². The highest BCUT2D eigenvalue weighted by Crippen LogP contribution is 2.49. The van der Waals surface area contributed by atoms with Crippen LogP contribution in [0.2, 0.25) is 0 Å². The van der Waals surface area contributed by atoms with E-state index in [1.807, 2.05) is 9.80 Å². The highest BCUT2D eigenvalue weighted by molar-refractivity contribution is 5.96. The lowest BCUT2D eigenvalue weighted by molar-refractivity contribution is -0.135. The molecular formula is C24H35N3O5. The Morgan fingerprint density at radius 2 is 1.84 bits per heavy atom. The van der Waals surface area contributed by atoms with Crippen molar-refractivity contribution in [1.82, 2.24) is 14.8 Å². The van der Waals surface area contributed by atoms with E-state index in [-0.39, 0.29) is 23.1 Å². The average Bonchev–Trinajstić information content (AvgIpc) is 3.19. The molecule has 2 amide bonds. The quantitative estimate of drug-likeness (QED) is 0.670. The summed E-state index contributed by atoms with van der Waals surface area (Å²) in [6.07, 6.45) is 7.29. The van der Waals surface area contributed by atoms with Gasteiger partial charge in [0.25, 0.3) is 5.91 Å². The van der Waals surface area contributed by atoms with Crippen LogP contribution in [0.4, 0.5) is 0 Å². The fraction of sp³-hybridized carbons (Fsp3) is 0.708.